The summed E-state index contributed by atoms with van der Waals surface area (Å²) in [5.74, 6) is -0.297. The summed E-state index contributed by atoms with van der Waals surface area (Å²) in [5, 5.41) is 3.46. The molecule has 1 aromatic heterocycles. The fourth-order valence-electron chi connectivity index (χ4n) is 2.17. The van der Waals surface area contributed by atoms with E-state index >= 15 is 0 Å². The Balaban J connectivity index is 2.08. The predicted molar refractivity (Wildman–Crippen MR) is 75.3 cm³/mol. The van der Waals surface area contributed by atoms with Gasteiger partial charge in [0, 0.05) is 18.3 Å². The Morgan fingerprint density at radius 1 is 1.05 bits per heavy atom. The second kappa shape index (κ2) is 5.93. The first-order chi connectivity index (χ1) is 9.06. The Morgan fingerprint density at radius 3 is 2.47 bits per heavy atom. The molecule has 1 aromatic carbocycles. The highest BCUT2D eigenvalue weighted by molar-refractivity contribution is 5.25. The Labute approximate surface area is 113 Å². The zero-order valence-corrected chi connectivity index (χ0v) is 11.5. The van der Waals surface area contributed by atoms with E-state index in [1.165, 1.54) is 23.4 Å². The van der Waals surface area contributed by atoms with Crippen molar-refractivity contribution in [2.24, 2.45) is 0 Å². The third kappa shape index (κ3) is 3.61. The van der Waals surface area contributed by atoms with Crippen LogP contribution in [0.15, 0.2) is 42.7 Å². The average molecular weight is 258 g/mol. The summed E-state index contributed by atoms with van der Waals surface area (Å²) in [5.41, 5.74) is 3.34. The van der Waals surface area contributed by atoms with Crippen LogP contribution in [0.4, 0.5) is 4.39 Å². The Hall–Kier alpha value is -1.74. The number of nitrogens with zero attached hydrogens (tertiary/aromatic N) is 1. The van der Waals surface area contributed by atoms with Crippen molar-refractivity contribution in [2.45, 2.75) is 32.9 Å². The van der Waals surface area contributed by atoms with Gasteiger partial charge < -0.3 is 5.32 Å². The molecule has 0 amide bonds. The molecule has 0 saturated heterocycles. The van der Waals surface area contributed by atoms with E-state index in [4.69, 9.17) is 0 Å². The van der Waals surface area contributed by atoms with Crippen LogP contribution in [0.2, 0.25) is 0 Å². The van der Waals surface area contributed by atoms with Crippen molar-refractivity contribution in [1.82, 2.24) is 10.3 Å². The molecule has 2 atom stereocenters. The minimum absolute atomic E-state index is 0.0544. The lowest BCUT2D eigenvalue weighted by atomic mass is 10.0. The van der Waals surface area contributed by atoms with E-state index in [9.17, 15) is 4.39 Å². The molecule has 0 fully saturated rings. The van der Waals surface area contributed by atoms with Crippen LogP contribution in [0.25, 0.3) is 0 Å². The number of aromatic nitrogens is 1. The molecule has 1 heterocycles. The van der Waals surface area contributed by atoms with Crippen molar-refractivity contribution in [1.29, 1.82) is 0 Å². The topological polar surface area (TPSA) is 24.9 Å². The van der Waals surface area contributed by atoms with Gasteiger partial charge in [-0.25, -0.2) is 4.39 Å². The van der Waals surface area contributed by atoms with Crippen molar-refractivity contribution >= 4 is 0 Å². The highest BCUT2D eigenvalue weighted by Gasteiger charge is 2.12. The Morgan fingerprint density at radius 2 is 1.79 bits per heavy atom. The lowest BCUT2D eigenvalue weighted by molar-refractivity contribution is 0.490. The van der Waals surface area contributed by atoms with E-state index in [0.717, 1.165) is 5.56 Å². The summed E-state index contributed by atoms with van der Waals surface area (Å²) in [6.07, 6.45) is 2.92. The van der Waals surface area contributed by atoms with Gasteiger partial charge in [-0.1, -0.05) is 29.8 Å². The fourth-order valence-corrected chi connectivity index (χ4v) is 2.17. The maximum absolute atomic E-state index is 13.2. The number of pyridine rings is 1. The number of nitrogens with one attached hydrogen (secondary N) is 1. The molecule has 2 aromatic rings. The summed E-state index contributed by atoms with van der Waals surface area (Å²) in [7, 11) is 0. The van der Waals surface area contributed by atoms with Gasteiger partial charge in [0.25, 0.3) is 0 Å². The fraction of sp³-hybridized carbons (Fsp3) is 0.312. The van der Waals surface area contributed by atoms with Gasteiger partial charge in [-0.05, 0) is 38.0 Å². The molecule has 0 aliphatic rings. The van der Waals surface area contributed by atoms with Crippen molar-refractivity contribution in [2.75, 3.05) is 0 Å². The van der Waals surface area contributed by atoms with Crippen LogP contribution in [-0.2, 0) is 0 Å². The van der Waals surface area contributed by atoms with Gasteiger partial charge in [-0.15, -0.1) is 0 Å². The summed E-state index contributed by atoms with van der Waals surface area (Å²) in [4.78, 5) is 3.88. The third-order valence-electron chi connectivity index (χ3n) is 3.27. The molecule has 100 valence electrons. The van der Waals surface area contributed by atoms with Crippen molar-refractivity contribution in [3.8, 4) is 0 Å². The lowest BCUT2D eigenvalue weighted by Gasteiger charge is -2.21. The molecule has 19 heavy (non-hydrogen) atoms. The van der Waals surface area contributed by atoms with E-state index in [1.807, 2.05) is 6.92 Å². The maximum Gasteiger partial charge on any atom is 0.141 e. The van der Waals surface area contributed by atoms with Crippen molar-refractivity contribution in [3.63, 3.8) is 0 Å². The minimum atomic E-state index is -0.297. The van der Waals surface area contributed by atoms with Gasteiger partial charge in [0.15, 0.2) is 0 Å². The third-order valence-corrected chi connectivity index (χ3v) is 3.27. The Bertz CT molecular complexity index is 504. The highest BCUT2D eigenvalue weighted by Crippen LogP contribution is 2.19. The molecule has 3 heteroatoms. The molecule has 0 aliphatic carbocycles. The van der Waals surface area contributed by atoms with Crippen LogP contribution >= 0.6 is 0 Å². The zero-order chi connectivity index (χ0) is 13.8. The highest BCUT2D eigenvalue weighted by atomic mass is 19.1. The van der Waals surface area contributed by atoms with E-state index in [2.05, 4.69) is 48.4 Å². The first kappa shape index (κ1) is 13.7. The van der Waals surface area contributed by atoms with Crippen molar-refractivity contribution < 1.29 is 4.39 Å². The first-order valence-electron chi connectivity index (χ1n) is 6.49. The van der Waals surface area contributed by atoms with E-state index in [-0.39, 0.29) is 17.9 Å². The van der Waals surface area contributed by atoms with E-state index < -0.39 is 0 Å². The van der Waals surface area contributed by atoms with Gasteiger partial charge >= 0.3 is 0 Å². The molecule has 2 rings (SSSR count). The maximum atomic E-state index is 13.2. The number of aryl methyl sites for hydroxylation is 1. The average Bonchev–Trinajstić information content (AvgIpc) is 2.38. The molecule has 0 spiro atoms. The molecule has 0 radical (unpaired) electrons. The van der Waals surface area contributed by atoms with Crippen LogP contribution in [-0.4, -0.2) is 4.98 Å². The number of halogens is 1. The second-order valence-corrected chi connectivity index (χ2v) is 4.96. The predicted octanol–water partition coefficient (Wildman–Crippen LogP) is 3.94. The smallest absolute Gasteiger partial charge is 0.141 e. The zero-order valence-electron chi connectivity index (χ0n) is 11.5. The summed E-state index contributed by atoms with van der Waals surface area (Å²) in [6, 6.07) is 10.2. The van der Waals surface area contributed by atoms with Gasteiger partial charge in [0.05, 0.1) is 6.20 Å². The number of hydrogen-bond acceptors (Lipinski definition) is 2. The number of rotatable bonds is 4. The molecule has 1 unspecified atom stereocenters. The SMILES string of the molecule is Cc1cccc([C@H](C)NC(C)c2cncc(F)c2)c1. The first-order valence-corrected chi connectivity index (χ1v) is 6.49. The van der Waals surface area contributed by atoms with Crippen LogP contribution in [0.3, 0.4) is 0 Å². The summed E-state index contributed by atoms with van der Waals surface area (Å²) in [6.45, 7) is 6.21. The second-order valence-electron chi connectivity index (χ2n) is 4.96. The minimum Gasteiger partial charge on any atom is -0.304 e. The molecule has 0 bridgehead atoms. The van der Waals surface area contributed by atoms with Gasteiger partial charge in [0.2, 0.25) is 0 Å². The standard InChI is InChI=1S/C16H19FN2/c1-11-5-4-6-14(7-11)12(2)19-13(3)15-8-16(17)10-18-9-15/h4-10,12-13,19H,1-3H3/t12-,13?/m0/s1. The van der Waals surface area contributed by atoms with Crippen LogP contribution in [0, 0.1) is 12.7 Å². The van der Waals surface area contributed by atoms with Crippen molar-refractivity contribution in [3.05, 3.63) is 65.2 Å². The quantitative estimate of drug-likeness (QED) is 0.898. The van der Waals surface area contributed by atoms with Crippen LogP contribution in [0.5, 0.6) is 0 Å². The van der Waals surface area contributed by atoms with Gasteiger partial charge in [0.1, 0.15) is 5.82 Å². The molecule has 1 N–H and O–H groups in total. The molecular weight excluding hydrogens is 239 g/mol. The monoisotopic (exact) mass is 258 g/mol. The molecule has 0 saturated carbocycles. The Kier molecular flexibility index (Phi) is 4.27. The summed E-state index contributed by atoms with van der Waals surface area (Å²) < 4.78 is 13.2. The molecular formula is C16H19FN2. The molecule has 0 aliphatic heterocycles. The lowest BCUT2D eigenvalue weighted by Crippen LogP contribution is -2.22. The largest absolute Gasteiger partial charge is 0.304 e. The van der Waals surface area contributed by atoms with E-state index in [0.29, 0.717) is 0 Å². The van der Waals surface area contributed by atoms with Gasteiger partial charge in [-0.3, -0.25) is 4.98 Å². The van der Waals surface area contributed by atoms with Crippen LogP contribution < -0.4 is 5.32 Å². The number of hydrogen-bond donors (Lipinski definition) is 1. The summed E-state index contributed by atoms with van der Waals surface area (Å²) >= 11 is 0. The molecule has 2 nitrogen and oxygen atoms in total. The van der Waals surface area contributed by atoms with Crippen LogP contribution in [0.1, 0.15) is 42.6 Å². The normalized spacial score (nSPS) is 14.1. The number of benzene rings is 1. The van der Waals surface area contributed by atoms with Gasteiger partial charge in [-0.2, -0.15) is 0 Å². The van der Waals surface area contributed by atoms with E-state index in [1.54, 1.807) is 6.20 Å².